The van der Waals surface area contributed by atoms with Crippen LogP contribution in [0.1, 0.15) is 29.8 Å². The normalized spacial score (nSPS) is 13.9. The van der Waals surface area contributed by atoms with Crippen LogP contribution in [0.2, 0.25) is 0 Å². The number of hydrogen-bond acceptors (Lipinski definition) is 6. The summed E-state index contributed by atoms with van der Waals surface area (Å²) in [4.78, 5) is 16.8. The molecule has 3 aromatic rings. The van der Waals surface area contributed by atoms with Crippen LogP contribution in [0.25, 0.3) is 0 Å². The first-order valence-electron chi connectivity index (χ1n) is 11.4. The summed E-state index contributed by atoms with van der Waals surface area (Å²) in [5, 5.41) is 9.61. The molecule has 1 amide bonds. The van der Waals surface area contributed by atoms with Gasteiger partial charge in [-0.3, -0.25) is 9.69 Å². The molecule has 0 atom stereocenters. The molecular formula is C25H30FN5O2S. The van der Waals surface area contributed by atoms with Crippen LogP contribution < -0.4 is 4.74 Å². The van der Waals surface area contributed by atoms with Crippen molar-refractivity contribution in [2.24, 2.45) is 0 Å². The lowest BCUT2D eigenvalue weighted by atomic mass is 10.2. The summed E-state index contributed by atoms with van der Waals surface area (Å²) in [7, 11) is 3.15. The van der Waals surface area contributed by atoms with Gasteiger partial charge in [-0.1, -0.05) is 48.2 Å². The van der Waals surface area contributed by atoms with E-state index in [1.807, 2.05) is 18.2 Å². The van der Waals surface area contributed by atoms with Crippen LogP contribution in [0.4, 0.5) is 4.39 Å². The van der Waals surface area contributed by atoms with Crippen molar-refractivity contribution < 1.29 is 13.9 Å². The Morgan fingerprint density at radius 1 is 1.09 bits per heavy atom. The van der Waals surface area contributed by atoms with Gasteiger partial charge in [0.05, 0.1) is 26.0 Å². The van der Waals surface area contributed by atoms with Gasteiger partial charge in [0.25, 0.3) is 0 Å². The Morgan fingerprint density at radius 3 is 2.56 bits per heavy atom. The number of carbonyl (C=O) groups excluding carboxylic acids is 1. The molecule has 0 bridgehead atoms. The zero-order valence-electron chi connectivity index (χ0n) is 19.6. The second-order valence-corrected chi connectivity index (χ2v) is 9.40. The zero-order chi connectivity index (χ0) is 23.9. The Kier molecular flexibility index (Phi) is 8.18. The van der Waals surface area contributed by atoms with Crippen molar-refractivity contribution in [3.05, 3.63) is 71.3 Å². The molecule has 1 aliphatic rings. The number of methoxy groups -OCH3 is 1. The van der Waals surface area contributed by atoms with Gasteiger partial charge in [-0.2, -0.15) is 0 Å². The molecule has 0 unspecified atom stereocenters. The SMILES string of the molecule is COc1ccc(CN(C)C(=O)CSc2nnc(CN3CCCC3)n2Cc2ccccc2)cc1F. The number of likely N-dealkylation sites (tertiary alicyclic amines) is 1. The van der Waals surface area contributed by atoms with Crippen molar-refractivity contribution in [1.29, 1.82) is 0 Å². The Hall–Kier alpha value is -2.91. The molecule has 1 saturated heterocycles. The number of ether oxygens (including phenoxy) is 1. The van der Waals surface area contributed by atoms with Crippen LogP contribution in [0.15, 0.2) is 53.7 Å². The molecule has 0 aliphatic carbocycles. The largest absolute Gasteiger partial charge is 0.494 e. The molecule has 0 radical (unpaired) electrons. The minimum Gasteiger partial charge on any atom is -0.494 e. The molecule has 7 nitrogen and oxygen atoms in total. The Bertz CT molecular complexity index is 1100. The summed E-state index contributed by atoms with van der Waals surface area (Å²) in [5.74, 6) is 0.844. The molecule has 34 heavy (non-hydrogen) atoms. The summed E-state index contributed by atoms with van der Waals surface area (Å²) in [6.07, 6.45) is 2.43. The summed E-state index contributed by atoms with van der Waals surface area (Å²) in [5.41, 5.74) is 1.87. The van der Waals surface area contributed by atoms with E-state index < -0.39 is 5.82 Å². The van der Waals surface area contributed by atoms with Crippen LogP contribution in [0, 0.1) is 5.82 Å². The highest BCUT2D eigenvalue weighted by Crippen LogP contribution is 2.22. The first-order chi connectivity index (χ1) is 16.5. The van der Waals surface area contributed by atoms with Gasteiger partial charge in [-0.05, 0) is 49.2 Å². The summed E-state index contributed by atoms with van der Waals surface area (Å²) in [6, 6.07) is 14.9. The molecule has 1 aromatic heterocycles. The highest BCUT2D eigenvalue weighted by Gasteiger charge is 2.20. The minimum atomic E-state index is -0.435. The first kappa shape index (κ1) is 24.2. The van der Waals surface area contributed by atoms with Gasteiger partial charge < -0.3 is 14.2 Å². The number of rotatable bonds is 10. The molecule has 2 aromatic carbocycles. The van der Waals surface area contributed by atoms with E-state index in [0.717, 1.165) is 36.2 Å². The third-order valence-electron chi connectivity index (χ3n) is 5.93. The monoisotopic (exact) mass is 483 g/mol. The van der Waals surface area contributed by atoms with Gasteiger partial charge in [0.1, 0.15) is 5.82 Å². The number of hydrogen-bond donors (Lipinski definition) is 0. The smallest absolute Gasteiger partial charge is 0.233 e. The van der Waals surface area contributed by atoms with Crippen LogP contribution in [0.3, 0.4) is 0 Å². The topological polar surface area (TPSA) is 63.5 Å². The fourth-order valence-electron chi connectivity index (χ4n) is 4.01. The second-order valence-electron chi connectivity index (χ2n) is 8.46. The van der Waals surface area contributed by atoms with E-state index in [1.54, 1.807) is 24.1 Å². The summed E-state index contributed by atoms with van der Waals surface area (Å²) in [6.45, 7) is 3.90. The van der Waals surface area contributed by atoms with Crippen molar-refractivity contribution in [2.45, 2.75) is 37.6 Å². The number of thioether (sulfide) groups is 1. The molecular weight excluding hydrogens is 453 g/mol. The lowest BCUT2D eigenvalue weighted by Crippen LogP contribution is -2.28. The number of carbonyl (C=O) groups is 1. The van der Waals surface area contributed by atoms with Gasteiger partial charge in [-0.15, -0.1) is 10.2 Å². The number of halogens is 1. The maximum atomic E-state index is 14.0. The van der Waals surface area contributed by atoms with E-state index in [1.165, 1.54) is 37.8 Å². The number of aromatic nitrogens is 3. The average Bonchev–Trinajstić information content (AvgIpc) is 3.49. The van der Waals surface area contributed by atoms with Gasteiger partial charge in [0, 0.05) is 13.6 Å². The van der Waals surface area contributed by atoms with Crippen molar-refractivity contribution in [3.8, 4) is 5.75 Å². The Labute approximate surface area is 203 Å². The summed E-state index contributed by atoms with van der Waals surface area (Å²) < 4.78 is 21.1. The van der Waals surface area contributed by atoms with Crippen molar-refractivity contribution in [2.75, 3.05) is 33.0 Å². The predicted molar refractivity (Wildman–Crippen MR) is 130 cm³/mol. The van der Waals surface area contributed by atoms with E-state index >= 15 is 0 Å². The van der Waals surface area contributed by atoms with Crippen molar-refractivity contribution in [1.82, 2.24) is 24.6 Å². The molecule has 0 spiro atoms. The number of nitrogens with zero attached hydrogens (tertiary/aromatic N) is 5. The van der Waals surface area contributed by atoms with Gasteiger partial charge >= 0.3 is 0 Å². The Balaban J connectivity index is 1.42. The molecule has 180 valence electrons. The van der Waals surface area contributed by atoms with Crippen LogP contribution >= 0.6 is 11.8 Å². The molecule has 4 rings (SSSR count). The highest BCUT2D eigenvalue weighted by atomic mass is 32.2. The maximum Gasteiger partial charge on any atom is 0.233 e. The maximum absolute atomic E-state index is 14.0. The minimum absolute atomic E-state index is 0.0587. The van der Waals surface area contributed by atoms with Crippen LogP contribution in [-0.2, 0) is 24.4 Å². The molecule has 1 aliphatic heterocycles. The molecule has 9 heteroatoms. The lowest BCUT2D eigenvalue weighted by Gasteiger charge is -2.18. The van der Waals surface area contributed by atoms with E-state index in [0.29, 0.717) is 18.7 Å². The van der Waals surface area contributed by atoms with Gasteiger partial charge in [-0.25, -0.2) is 4.39 Å². The molecule has 1 fully saturated rings. The molecule has 2 heterocycles. The third-order valence-corrected chi connectivity index (χ3v) is 6.88. The van der Waals surface area contributed by atoms with E-state index in [-0.39, 0.29) is 17.4 Å². The van der Waals surface area contributed by atoms with Crippen molar-refractivity contribution in [3.63, 3.8) is 0 Å². The van der Waals surface area contributed by atoms with E-state index in [9.17, 15) is 9.18 Å². The standard InChI is InChI=1S/C25H30FN5O2S/c1-29(15-20-10-11-22(33-2)21(26)14-20)24(32)18-34-25-28-27-23(17-30-12-6-7-13-30)31(25)16-19-8-4-3-5-9-19/h3-5,8-11,14H,6-7,12-13,15-18H2,1-2H3. The van der Waals surface area contributed by atoms with E-state index in [4.69, 9.17) is 4.74 Å². The average molecular weight is 484 g/mol. The zero-order valence-corrected chi connectivity index (χ0v) is 20.4. The third kappa shape index (κ3) is 6.15. The Morgan fingerprint density at radius 2 is 1.85 bits per heavy atom. The highest BCUT2D eigenvalue weighted by molar-refractivity contribution is 7.99. The van der Waals surface area contributed by atoms with Crippen molar-refractivity contribution >= 4 is 17.7 Å². The van der Waals surface area contributed by atoms with Crippen LogP contribution in [-0.4, -0.2) is 63.5 Å². The van der Waals surface area contributed by atoms with Gasteiger partial charge in [0.15, 0.2) is 16.7 Å². The number of amides is 1. The van der Waals surface area contributed by atoms with Gasteiger partial charge in [0.2, 0.25) is 5.91 Å². The quantitative estimate of drug-likeness (QED) is 0.409. The van der Waals surface area contributed by atoms with E-state index in [2.05, 4.69) is 31.8 Å². The lowest BCUT2D eigenvalue weighted by molar-refractivity contribution is -0.127. The number of benzene rings is 2. The molecule has 0 saturated carbocycles. The predicted octanol–water partition coefficient (Wildman–Crippen LogP) is 3.82. The second kappa shape index (κ2) is 11.5. The molecule has 0 N–H and O–H groups in total. The first-order valence-corrected chi connectivity index (χ1v) is 12.4. The van der Waals surface area contributed by atoms with Crippen LogP contribution in [0.5, 0.6) is 5.75 Å². The summed E-state index contributed by atoms with van der Waals surface area (Å²) >= 11 is 1.39. The fraction of sp³-hybridized carbons (Fsp3) is 0.400. The fourth-order valence-corrected chi connectivity index (χ4v) is 4.91.